The molecule has 0 spiro atoms. The van der Waals surface area contributed by atoms with Gasteiger partial charge in [-0.3, -0.25) is 4.98 Å². The van der Waals surface area contributed by atoms with E-state index < -0.39 is 11.8 Å². The predicted molar refractivity (Wildman–Crippen MR) is 67.4 cm³/mol. The third-order valence-electron chi connectivity index (χ3n) is 2.24. The molecule has 0 atom stereocenters. The van der Waals surface area contributed by atoms with Crippen LogP contribution in [0.25, 0.3) is 6.08 Å². The summed E-state index contributed by atoms with van der Waals surface area (Å²) in [5.74, 6) is -1.18. The molecule has 0 aliphatic heterocycles. The molecule has 1 heterocycles. The number of benzene rings is 1. The van der Waals surface area contributed by atoms with Crippen LogP contribution in [0.1, 0.15) is 5.56 Å². The number of aromatic nitrogens is 1. The zero-order valence-corrected chi connectivity index (χ0v) is 9.79. The molecule has 0 bridgehead atoms. The SMILES string of the molecule is O=C(O)/C=C\c1ccc(Oc2cccnc2)c(F)c1. The highest BCUT2D eigenvalue weighted by molar-refractivity contribution is 5.85. The van der Waals surface area contributed by atoms with Crippen molar-refractivity contribution in [2.24, 2.45) is 0 Å². The maximum atomic E-state index is 13.7. The lowest BCUT2D eigenvalue weighted by atomic mass is 10.2. The summed E-state index contributed by atoms with van der Waals surface area (Å²) in [6.07, 6.45) is 5.30. The van der Waals surface area contributed by atoms with Crippen LogP contribution < -0.4 is 4.74 Å². The molecule has 0 aliphatic rings. The highest BCUT2D eigenvalue weighted by atomic mass is 19.1. The maximum Gasteiger partial charge on any atom is 0.328 e. The topological polar surface area (TPSA) is 59.4 Å². The summed E-state index contributed by atoms with van der Waals surface area (Å²) in [4.78, 5) is 14.2. The molecule has 96 valence electrons. The Morgan fingerprint density at radius 3 is 2.84 bits per heavy atom. The van der Waals surface area contributed by atoms with Gasteiger partial charge in [0, 0.05) is 12.3 Å². The van der Waals surface area contributed by atoms with Crippen molar-refractivity contribution in [2.75, 3.05) is 0 Å². The molecular weight excluding hydrogens is 249 g/mol. The standard InChI is InChI=1S/C14H10FNO3/c15-12-8-10(4-6-14(17)18)3-5-13(12)19-11-2-1-7-16-9-11/h1-9H,(H,17,18)/b6-4-. The van der Waals surface area contributed by atoms with Gasteiger partial charge in [0.1, 0.15) is 5.75 Å². The summed E-state index contributed by atoms with van der Waals surface area (Å²) in [6, 6.07) is 7.53. The molecule has 2 aromatic rings. The van der Waals surface area contributed by atoms with Crippen molar-refractivity contribution < 1.29 is 19.0 Å². The largest absolute Gasteiger partial charge is 0.478 e. The Morgan fingerprint density at radius 2 is 2.21 bits per heavy atom. The average molecular weight is 259 g/mol. The summed E-state index contributed by atoms with van der Waals surface area (Å²) in [5, 5.41) is 8.48. The monoisotopic (exact) mass is 259 g/mol. The second-order valence-corrected chi connectivity index (χ2v) is 3.65. The number of ether oxygens (including phenoxy) is 1. The summed E-state index contributed by atoms with van der Waals surface area (Å²) < 4.78 is 19.0. The number of hydrogen-bond donors (Lipinski definition) is 1. The molecule has 1 N–H and O–H groups in total. The highest BCUT2D eigenvalue weighted by Crippen LogP contribution is 2.24. The van der Waals surface area contributed by atoms with Crippen LogP contribution in [0.2, 0.25) is 0 Å². The van der Waals surface area contributed by atoms with E-state index in [2.05, 4.69) is 4.98 Å². The van der Waals surface area contributed by atoms with Gasteiger partial charge in [-0.1, -0.05) is 6.07 Å². The maximum absolute atomic E-state index is 13.7. The van der Waals surface area contributed by atoms with E-state index in [4.69, 9.17) is 9.84 Å². The van der Waals surface area contributed by atoms with Crippen LogP contribution in [0.4, 0.5) is 4.39 Å². The van der Waals surface area contributed by atoms with Gasteiger partial charge in [0.25, 0.3) is 0 Å². The van der Waals surface area contributed by atoms with Crippen molar-refractivity contribution in [3.8, 4) is 11.5 Å². The fourth-order valence-corrected chi connectivity index (χ4v) is 1.41. The fourth-order valence-electron chi connectivity index (χ4n) is 1.41. The van der Waals surface area contributed by atoms with Gasteiger partial charge in [0.15, 0.2) is 11.6 Å². The third kappa shape index (κ3) is 3.64. The Bertz CT molecular complexity index is 611. The van der Waals surface area contributed by atoms with Crippen LogP contribution in [0.3, 0.4) is 0 Å². The van der Waals surface area contributed by atoms with E-state index in [9.17, 15) is 9.18 Å². The molecule has 1 aromatic carbocycles. The van der Waals surface area contributed by atoms with E-state index in [-0.39, 0.29) is 5.75 Å². The average Bonchev–Trinajstić information content (AvgIpc) is 2.40. The normalized spacial score (nSPS) is 10.6. The van der Waals surface area contributed by atoms with Gasteiger partial charge in [-0.25, -0.2) is 9.18 Å². The first-order chi connectivity index (χ1) is 9.15. The molecule has 0 saturated carbocycles. The summed E-state index contributed by atoms with van der Waals surface area (Å²) in [7, 11) is 0. The summed E-state index contributed by atoms with van der Waals surface area (Å²) >= 11 is 0. The Labute approximate surface area is 108 Å². The van der Waals surface area contributed by atoms with Gasteiger partial charge >= 0.3 is 5.97 Å². The molecule has 4 nitrogen and oxygen atoms in total. The number of rotatable bonds is 4. The van der Waals surface area contributed by atoms with Gasteiger partial charge < -0.3 is 9.84 Å². The van der Waals surface area contributed by atoms with Crippen molar-refractivity contribution in [1.29, 1.82) is 0 Å². The van der Waals surface area contributed by atoms with E-state index in [0.717, 1.165) is 6.08 Å². The number of hydrogen-bond acceptors (Lipinski definition) is 3. The van der Waals surface area contributed by atoms with Gasteiger partial charge in [0.2, 0.25) is 0 Å². The third-order valence-corrected chi connectivity index (χ3v) is 2.24. The Balaban J connectivity index is 2.18. The second kappa shape index (κ2) is 5.77. The minimum Gasteiger partial charge on any atom is -0.478 e. The van der Waals surface area contributed by atoms with Crippen molar-refractivity contribution in [2.45, 2.75) is 0 Å². The van der Waals surface area contributed by atoms with E-state index in [1.54, 1.807) is 24.4 Å². The Hall–Kier alpha value is -2.69. The number of aliphatic carboxylic acids is 1. The first-order valence-corrected chi connectivity index (χ1v) is 5.43. The van der Waals surface area contributed by atoms with Crippen LogP contribution in [-0.2, 0) is 4.79 Å². The molecule has 5 heteroatoms. The molecule has 0 fully saturated rings. The van der Waals surface area contributed by atoms with Crippen LogP contribution in [0.15, 0.2) is 48.8 Å². The van der Waals surface area contributed by atoms with Gasteiger partial charge in [0.05, 0.1) is 6.20 Å². The van der Waals surface area contributed by atoms with E-state index in [1.807, 2.05) is 0 Å². The number of carboxylic acid groups (broad SMARTS) is 1. The van der Waals surface area contributed by atoms with Gasteiger partial charge in [-0.2, -0.15) is 0 Å². The number of carbonyl (C=O) groups is 1. The molecule has 2 rings (SSSR count). The van der Waals surface area contributed by atoms with E-state index >= 15 is 0 Å². The van der Waals surface area contributed by atoms with Crippen molar-refractivity contribution in [3.05, 3.63) is 60.2 Å². The first kappa shape index (κ1) is 12.8. The van der Waals surface area contributed by atoms with Gasteiger partial charge in [-0.05, 0) is 35.9 Å². The van der Waals surface area contributed by atoms with Crippen molar-refractivity contribution >= 4 is 12.0 Å². The molecule has 0 amide bonds. The molecule has 0 radical (unpaired) electrons. The zero-order valence-electron chi connectivity index (χ0n) is 9.79. The second-order valence-electron chi connectivity index (χ2n) is 3.65. The lowest BCUT2D eigenvalue weighted by Gasteiger charge is -2.06. The number of carboxylic acids is 1. The predicted octanol–water partition coefficient (Wildman–Crippen LogP) is 3.11. The molecule has 0 unspecified atom stereocenters. The number of pyridine rings is 1. The smallest absolute Gasteiger partial charge is 0.328 e. The first-order valence-electron chi connectivity index (χ1n) is 5.43. The zero-order chi connectivity index (χ0) is 13.7. The fraction of sp³-hybridized carbons (Fsp3) is 0. The molecule has 0 aliphatic carbocycles. The van der Waals surface area contributed by atoms with Crippen molar-refractivity contribution in [1.82, 2.24) is 4.98 Å². The minimum absolute atomic E-state index is 0.0560. The van der Waals surface area contributed by atoms with Crippen LogP contribution in [0.5, 0.6) is 11.5 Å². The lowest BCUT2D eigenvalue weighted by Crippen LogP contribution is -1.90. The Kier molecular flexibility index (Phi) is 3.87. The van der Waals surface area contributed by atoms with Crippen LogP contribution >= 0.6 is 0 Å². The summed E-state index contributed by atoms with van der Waals surface area (Å²) in [5.41, 5.74) is 0.443. The van der Waals surface area contributed by atoms with Crippen molar-refractivity contribution in [3.63, 3.8) is 0 Å². The molecular formula is C14H10FNO3. The van der Waals surface area contributed by atoms with E-state index in [1.165, 1.54) is 24.4 Å². The quantitative estimate of drug-likeness (QED) is 0.857. The number of nitrogens with zero attached hydrogens (tertiary/aromatic N) is 1. The van der Waals surface area contributed by atoms with Gasteiger partial charge in [-0.15, -0.1) is 0 Å². The summed E-state index contributed by atoms with van der Waals surface area (Å²) in [6.45, 7) is 0. The molecule has 0 saturated heterocycles. The number of halogens is 1. The minimum atomic E-state index is -1.09. The molecule has 19 heavy (non-hydrogen) atoms. The Morgan fingerprint density at radius 1 is 1.37 bits per heavy atom. The molecule has 1 aromatic heterocycles. The van der Waals surface area contributed by atoms with Crippen LogP contribution in [0, 0.1) is 5.82 Å². The lowest BCUT2D eigenvalue weighted by molar-refractivity contribution is -0.131. The van der Waals surface area contributed by atoms with E-state index in [0.29, 0.717) is 11.3 Å². The van der Waals surface area contributed by atoms with Crippen LogP contribution in [-0.4, -0.2) is 16.1 Å². The highest BCUT2D eigenvalue weighted by Gasteiger charge is 2.05.